The van der Waals surface area contributed by atoms with E-state index >= 15 is 0 Å². The van der Waals surface area contributed by atoms with Gasteiger partial charge < -0.3 is 10.2 Å². The van der Waals surface area contributed by atoms with Crippen molar-refractivity contribution in [3.05, 3.63) is 28.8 Å². The van der Waals surface area contributed by atoms with E-state index in [0.29, 0.717) is 19.2 Å². The second-order valence-electron chi connectivity index (χ2n) is 5.64. The van der Waals surface area contributed by atoms with E-state index < -0.39 is 29.2 Å². The Morgan fingerprint density at radius 2 is 2.04 bits per heavy atom. The molecule has 0 saturated carbocycles. The topological polar surface area (TPSA) is 49.4 Å². The molecule has 1 heterocycles. The highest BCUT2D eigenvalue weighted by Gasteiger charge is 2.35. The number of piperidine rings is 1. The van der Waals surface area contributed by atoms with Crippen molar-refractivity contribution in [3.63, 3.8) is 0 Å². The van der Waals surface area contributed by atoms with E-state index in [1.165, 1.54) is 11.0 Å². The first-order valence-corrected chi connectivity index (χ1v) is 7.53. The van der Waals surface area contributed by atoms with Gasteiger partial charge >= 0.3 is 18.0 Å². The summed E-state index contributed by atoms with van der Waals surface area (Å²) in [5.74, 6) is -1.63. The van der Waals surface area contributed by atoms with Crippen LogP contribution >= 0.6 is 11.6 Å². The lowest BCUT2D eigenvalue weighted by atomic mass is 10.0. The minimum atomic E-state index is -4.68. The summed E-state index contributed by atoms with van der Waals surface area (Å²) in [7, 11) is 0. The third-order valence-electron chi connectivity index (χ3n) is 3.67. The standard InChI is InChI=1S/C15H16ClF3N2O2/c1-9-3-2-6-21(8-9)14(23)13(22)20-12-5-4-10(16)7-11(12)15(17,18)19/h4-5,7,9H,2-3,6,8H2,1H3,(H,20,22). The molecule has 4 nitrogen and oxygen atoms in total. The third-order valence-corrected chi connectivity index (χ3v) is 3.91. The Morgan fingerprint density at radius 3 is 2.65 bits per heavy atom. The van der Waals surface area contributed by atoms with Gasteiger partial charge in [0.25, 0.3) is 0 Å². The SMILES string of the molecule is CC1CCCN(C(=O)C(=O)Nc2ccc(Cl)cc2C(F)(F)F)C1. The number of alkyl halides is 3. The zero-order chi connectivity index (χ0) is 17.2. The van der Waals surface area contributed by atoms with Gasteiger partial charge in [-0.1, -0.05) is 18.5 Å². The molecule has 8 heteroatoms. The van der Waals surface area contributed by atoms with Crippen molar-refractivity contribution in [3.8, 4) is 0 Å². The second-order valence-corrected chi connectivity index (χ2v) is 6.08. The molecular weight excluding hydrogens is 333 g/mol. The number of hydrogen-bond donors (Lipinski definition) is 1. The Bertz CT molecular complexity index is 619. The summed E-state index contributed by atoms with van der Waals surface area (Å²) in [4.78, 5) is 25.4. The van der Waals surface area contributed by atoms with Gasteiger partial charge in [0, 0.05) is 18.1 Å². The summed E-state index contributed by atoms with van der Waals surface area (Å²) < 4.78 is 38.9. The number of halogens is 4. The van der Waals surface area contributed by atoms with Crippen molar-refractivity contribution in [2.45, 2.75) is 25.9 Å². The molecule has 0 radical (unpaired) electrons. The number of carbonyl (C=O) groups excluding carboxylic acids is 2. The van der Waals surface area contributed by atoms with Crippen LogP contribution in [0.2, 0.25) is 5.02 Å². The molecule has 1 aliphatic heterocycles. The van der Waals surface area contributed by atoms with Gasteiger partial charge in [-0.15, -0.1) is 0 Å². The Labute approximate surface area is 136 Å². The molecule has 126 valence electrons. The maximum atomic E-state index is 13.0. The first kappa shape index (κ1) is 17.6. The van der Waals surface area contributed by atoms with Crippen LogP contribution in [0, 0.1) is 5.92 Å². The van der Waals surface area contributed by atoms with Crippen LogP contribution in [-0.4, -0.2) is 29.8 Å². The lowest BCUT2D eigenvalue weighted by molar-refractivity contribution is -0.144. The predicted molar refractivity (Wildman–Crippen MR) is 80.1 cm³/mol. The van der Waals surface area contributed by atoms with Crippen molar-refractivity contribution in [2.24, 2.45) is 5.92 Å². The number of carbonyl (C=O) groups is 2. The van der Waals surface area contributed by atoms with Crippen LogP contribution in [0.1, 0.15) is 25.3 Å². The van der Waals surface area contributed by atoms with E-state index in [-0.39, 0.29) is 10.9 Å². The normalized spacial score (nSPS) is 18.7. The highest BCUT2D eigenvalue weighted by Crippen LogP contribution is 2.36. The highest BCUT2D eigenvalue weighted by molar-refractivity contribution is 6.39. The molecule has 1 saturated heterocycles. The maximum Gasteiger partial charge on any atom is 0.418 e. The van der Waals surface area contributed by atoms with E-state index in [4.69, 9.17) is 11.6 Å². The first-order valence-electron chi connectivity index (χ1n) is 7.15. The minimum Gasteiger partial charge on any atom is -0.334 e. The van der Waals surface area contributed by atoms with Gasteiger partial charge in [0.1, 0.15) is 0 Å². The first-order chi connectivity index (χ1) is 10.7. The van der Waals surface area contributed by atoms with E-state index in [1.807, 2.05) is 12.2 Å². The van der Waals surface area contributed by atoms with Crippen molar-refractivity contribution < 1.29 is 22.8 Å². The summed E-state index contributed by atoms with van der Waals surface area (Å²) in [6.45, 7) is 2.82. The van der Waals surface area contributed by atoms with Crippen LogP contribution in [0.5, 0.6) is 0 Å². The fourth-order valence-electron chi connectivity index (χ4n) is 2.55. The predicted octanol–water partition coefficient (Wildman–Crippen LogP) is 3.56. The van der Waals surface area contributed by atoms with Crippen LogP contribution in [0.15, 0.2) is 18.2 Å². The summed E-state index contributed by atoms with van der Waals surface area (Å²) in [5, 5.41) is 1.94. The van der Waals surface area contributed by atoms with Gasteiger partial charge in [-0.25, -0.2) is 0 Å². The van der Waals surface area contributed by atoms with Gasteiger partial charge in [-0.2, -0.15) is 13.2 Å². The fourth-order valence-corrected chi connectivity index (χ4v) is 2.73. The zero-order valence-corrected chi connectivity index (χ0v) is 13.2. The van der Waals surface area contributed by atoms with Crippen molar-refractivity contribution in [2.75, 3.05) is 18.4 Å². The van der Waals surface area contributed by atoms with Crippen molar-refractivity contribution in [1.82, 2.24) is 4.90 Å². The molecular formula is C15H16ClF3N2O2. The summed E-state index contributed by atoms with van der Waals surface area (Å²) in [6, 6.07) is 2.97. The number of benzene rings is 1. The minimum absolute atomic E-state index is 0.105. The lowest BCUT2D eigenvalue weighted by Crippen LogP contribution is -2.44. The molecule has 1 aromatic carbocycles. The molecule has 2 rings (SSSR count). The second kappa shape index (κ2) is 6.78. The number of rotatable bonds is 1. The van der Waals surface area contributed by atoms with Crippen molar-refractivity contribution >= 4 is 29.1 Å². The summed E-state index contributed by atoms with van der Waals surface area (Å²) in [5.41, 5.74) is -1.57. The molecule has 0 aromatic heterocycles. The zero-order valence-electron chi connectivity index (χ0n) is 12.4. The van der Waals surface area contributed by atoms with Gasteiger partial charge in [0.05, 0.1) is 11.3 Å². The van der Waals surface area contributed by atoms with Gasteiger partial charge in [0.15, 0.2) is 0 Å². The van der Waals surface area contributed by atoms with Gasteiger partial charge in [-0.3, -0.25) is 9.59 Å². The number of nitrogens with one attached hydrogen (secondary N) is 1. The Balaban J connectivity index is 2.15. The Morgan fingerprint density at radius 1 is 1.35 bits per heavy atom. The maximum absolute atomic E-state index is 13.0. The van der Waals surface area contributed by atoms with Crippen LogP contribution in [0.4, 0.5) is 18.9 Å². The van der Waals surface area contributed by atoms with E-state index in [2.05, 4.69) is 0 Å². The van der Waals surface area contributed by atoms with Crippen molar-refractivity contribution in [1.29, 1.82) is 0 Å². The van der Waals surface area contributed by atoms with Gasteiger partial charge in [0.2, 0.25) is 0 Å². The number of likely N-dealkylation sites (tertiary alicyclic amines) is 1. The van der Waals surface area contributed by atoms with E-state index in [9.17, 15) is 22.8 Å². The molecule has 0 aliphatic carbocycles. The molecule has 1 atom stereocenters. The average Bonchev–Trinajstić information content (AvgIpc) is 2.47. The van der Waals surface area contributed by atoms with E-state index in [0.717, 1.165) is 18.9 Å². The molecule has 1 fully saturated rings. The molecule has 1 unspecified atom stereocenters. The van der Waals surface area contributed by atoms with Crippen LogP contribution in [0.3, 0.4) is 0 Å². The monoisotopic (exact) mass is 348 g/mol. The number of nitrogens with zero attached hydrogens (tertiary/aromatic N) is 1. The Kier molecular flexibility index (Phi) is 5.19. The fraction of sp³-hybridized carbons (Fsp3) is 0.467. The van der Waals surface area contributed by atoms with E-state index in [1.54, 1.807) is 0 Å². The van der Waals surface area contributed by atoms with Crippen LogP contribution < -0.4 is 5.32 Å². The molecule has 1 aliphatic rings. The Hall–Kier alpha value is -1.76. The molecule has 1 aromatic rings. The largest absolute Gasteiger partial charge is 0.418 e. The average molecular weight is 349 g/mol. The molecule has 0 bridgehead atoms. The number of hydrogen-bond acceptors (Lipinski definition) is 2. The molecule has 23 heavy (non-hydrogen) atoms. The summed E-state index contributed by atoms with van der Waals surface area (Å²) >= 11 is 5.57. The lowest BCUT2D eigenvalue weighted by Gasteiger charge is -2.30. The van der Waals surface area contributed by atoms with Crippen LogP contribution in [0.25, 0.3) is 0 Å². The molecule has 2 amide bonds. The quantitative estimate of drug-likeness (QED) is 0.789. The van der Waals surface area contributed by atoms with Gasteiger partial charge in [-0.05, 0) is 37.0 Å². The molecule has 0 spiro atoms. The number of amides is 2. The third kappa shape index (κ3) is 4.37. The summed E-state index contributed by atoms with van der Waals surface area (Å²) in [6.07, 6.45) is -2.95. The van der Waals surface area contributed by atoms with Crippen LogP contribution in [-0.2, 0) is 15.8 Å². The number of anilines is 1. The highest BCUT2D eigenvalue weighted by atomic mass is 35.5. The smallest absolute Gasteiger partial charge is 0.334 e. The molecule has 1 N–H and O–H groups in total.